The van der Waals surface area contributed by atoms with Crippen molar-refractivity contribution < 1.29 is 9.47 Å². The zero-order valence-electron chi connectivity index (χ0n) is 12.6. The van der Waals surface area contributed by atoms with Gasteiger partial charge in [-0.3, -0.25) is 0 Å². The number of hydrogen-bond acceptors (Lipinski definition) is 3. The Bertz CT molecular complexity index is 671. The van der Waals surface area contributed by atoms with Crippen molar-refractivity contribution in [2.24, 2.45) is 0 Å². The van der Waals surface area contributed by atoms with Gasteiger partial charge in [-0.05, 0) is 61.7 Å². The van der Waals surface area contributed by atoms with Crippen LogP contribution in [0.3, 0.4) is 0 Å². The molecule has 0 spiro atoms. The first-order valence-electron chi connectivity index (χ1n) is 6.94. The van der Waals surface area contributed by atoms with E-state index in [9.17, 15) is 0 Å². The average molecular weight is 281 g/mol. The standard InChI is InChI=1S/C18H19NO2/c1-13-9-14(2)15(3)18(10-13)21-8-7-20-17-6-4-5-16(11-17)12-19/h4-6,9-11H,7-8H2,1-3H3. The number of benzene rings is 2. The molecule has 0 atom stereocenters. The summed E-state index contributed by atoms with van der Waals surface area (Å²) < 4.78 is 11.4. The Morgan fingerprint density at radius 1 is 1.00 bits per heavy atom. The first-order valence-corrected chi connectivity index (χ1v) is 6.94. The molecule has 0 aliphatic rings. The maximum Gasteiger partial charge on any atom is 0.122 e. The van der Waals surface area contributed by atoms with Crippen LogP contribution in [0.25, 0.3) is 0 Å². The maximum absolute atomic E-state index is 8.83. The van der Waals surface area contributed by atoms with Crippen LogP contribution in [0.1, 0.15) is 22.3 Å². The summed E-state index contributed by atoms with van der Waals surface area (Å²) in [6.45, 7) is 7.12. The SMILES string of the molecule is Cc1cc(C)c(C)c(OCCOc2cccc(C#N)c2)c1. The minimum atomic E-state index is 0.446. The van der Waals surface area contributed by atoms with Gasteiger partial charge in [-0.1, -0.05) is 12.1 Å². The van der Waals surface area contributed by atoms with Gasteiger partial charge in [0.15, 0.2) is 0 Å². The van der Waals surface area contributed by atoms with E-state index < -0.39 is 0 Å². The Labute approximate surface area is 125 Å². The van der Waals surface area contributed by atoms with Crippen molar-refractivity contribution in [1.29, 1.82) is 5.26 Å². The third-order valence-corrected chi connectivity index (χ3v) is 3.34. The predicted molar refractivity (Wildman–Crippen MR) is 82.8 cm³/mol. The Hall–Kier alpha value is -2.47. The molecule has 21 heavy (non-hydrogen) atoms. The predicted octanol–water partition coefficient (Wildman–Crippen LogP) is 3.94. The smallest absolute Gasteiger partial charge is 0.122 e. The van der Waals surface area contributed by atoms with E-state index in [2.05, 4.69) is 32.9 Å². The minimum Gasteiger partial charge on any atom is -0.490 e. The van der Waals surface area contributed by atoms with Crippen molar-refractivity contribution in [1.82, 2.24) is 0 Å². The monoisotopic (exact) mass is 281 g/mol. The van der Waals surface area contributed by atoms with Gasteiger partial charge >= 0.3 is 0 Å². The third-order valence-electron chi connectivity index (χ3n) is 3.34. The number of rotatable bonds is 5. The molecule has 0 radical (unpaired) electrons. The Kier molecular flexibility index (Phi) is 4.84. The molecule has 2 aromatic carbocycles. The molecule has 0 aliphatic heterocycles. The second-order valence-electron chi connectivity index (χ2n) is 5.04. The summed E-state index contributed by atoms with van der Waals surface area (Å²) in [7, 11) is 0. The zero-order chi connectivity index (χ0) is 15.2. The molecule has 0 N–H and O–H groups in total. The van der Waals surface area contributed by atoms with Crippen LogP contribution in [0.4, 0.5) is 0 Å². The highest BCUT2D eigenvalue weighted by Gasteiger charge is 2.04. The van der Waals surface area contributed by atoms with Gasteiger partial charge < -0.3 is 9.47 Å². The van der Waals surface area contributed by atoms with Gasteiger partial charge in [-0.15, -0.1) is 0 Å². The summed E-state index contributed by atoms with van der Waals surface area (Å²) in [5.41, 5.74) is 4.18. The molecule has 0 saturated carbocycles. The summed E-state index contributed by atoms with van der Waals surface area (Å²) in [6, 6.07) is 13.4. The number of nitrogens with zero attached hydrogens (tertiary/aromatic N) is 1. The van der Waals surface area contributed by atoms with E-state index in [0.29, 0.717) is 24.5 Å². The molecule has 108 valence electrons. The molecule has 3 nitrogen and oxygen atoms in total. The van der Waals surface area contributed by atoms with E-state index in [1.165, 1.54) is 11.1 Å². The molecular formula is C18H19NO2. The molecule has 0 fully saturated rings. The highest BCUT2D eigenvalue weighted by Crippen LogP contribution is 2.23. The summed E-state index contributed by atoms with van der Waals surface area (Å²) in [5.74, 6) is 1.59. The van der Waals surface area contributed by atoms with Crippen molar-refractivity contribution >= 4 is 0 Å². The molecule has 2 rings (SSSR count). The summed E-state index contributed by atoms with van der Waals surface area (Å²) in [4.78, 5) is 0. The van der Waals surface area contributed by atoms with Crippen LogP contribution in [0.15, 0.2) is 36.4 Å². The minimum absolute atomic E-state index is 0.446. The highest BCUT2D eigenvalue weighted by molar-refractivity contribution is 5.42. The number of hydrogen-bond donors (Lipinski definition) is 0. The fraction of sp³-hybridized carbons (Fsp3) is 0.278. The molecule has 0 unspecified atom stereocenters. The van der Waals surface area contributed by atoms with Gasteiger partial charge in [0.05, 0.1) is 11.6 Å². The van der Waals surface area contributed by atoms with Gasteiger partial charge in [0, 0.05) is 0 Å². The molecule has 0 heterocycles. The lowest BCUT2D eigenvalue weighted by Gasteiger charge is -2.13. The summed E-state index contributed by atoms with van der Waals surface area (Å²) in [5, 5.41) is 8.83. The molecular weight excluding hydrogens is 262 g/mol. The second-order valence-corrected chi connectivity index (χ2v) is 5.04. The third kappa shape index (κ3) is 4.00. The lowest BCUT2D eigenvalue weighted by molar-refractivity contribution is 0.216. The van der Waals surface area contributed by atoms with Crippen molar-refractivity contribution in [3.05, 3.63) is 58.7 Å². The van der Waals surface area contributed by atoms with E-state index in [4.69, 9.17) is 14.7 Å². The van der Waals surface area contributed by atoms with Crippen LogP contribution in [0.2, 0.25) is 0 Å². The number of ether oxygens (including phenoxy) is 2. The molecule has 0 aromatic heterocycles. The summed E-state index contributed by atoms with van der Waals surface area (Å²) >= 11 is 0. The van der Waals surface area contributed by atoms with E-state index in [-0.39, 0.29) is 0 Å². The van der Waals surface area contributed by atoms with Crippen molar-refractivity contribution in [2.45, 2.75) is 20.8 Å². The second kappa shape index (κ2) is 6.81. The molecule has 2 aromatic rings. The zero-order valence-corrected chi connectivity index (χ0v) is 12.6. The van der Waals surface area contributed by atoms with Crippen LogP contribution in [0.5, 0.6) is 11.5 Å². The molecule has 0 amide bonds. The Morgan fingerprint density at radius 2 is 1.76 bits per heavy atom. The average Bonchev–Trinajstić information content (AvgIpc) is 2.48. The highest BCUT2D eigenvalue weighted by atomic mass is 16.5. The van der Waals surface area contributed by atoms with E-state index >= 15 is 0 Å². The topological polar surface area (TPSA) is 42.2 Å². The molecule has 0 aliphatic carbocycles. The molecule has 0 bridgehead atoms. The quantitative estimate of drug-likeness (QED) is 0.779. The van der Waals surface area contributed by atoms with Crippen molar-refractivity contribution in [2.75, 3.05) is 13.2 Å². The first kappa shape index (κ1) is 14.9. The van der Waals surface area contributed by atoms with Crippen molar-refractivity contribution in [3.63, 3.8) is 0 Å². The fourth-order valence-electron chi connectivity index (χ4n) is 2.12. The van der Waals surface area contributed by atoms with Gasteiger partial charge in [-0.2, -0.15) is 5.26 Å². The molecule has 3 heteroatoms. The van der Waals surface area contributed by atoms with E-state index in [1.807, 2.05) is 18.2 Å². The van der Waals surface area contributed by atoms with E-state index in [0.717, 1.165) is 11.3 Å². The van der Waals surface area contributed by atoms with Crippen LogP contribution in [0, 0.1) is 32.1 Å². The lowest BCUT2D eigenvalue weighted by Crippen LogP contribution is -2.10. The van der Waals surface area contributed by atoms with Gasteiger partial charge in [0.1, 0.15) is 24.7 Å². The van der Waals surface area contributed by atoms with Crippen LogP contribution in [-0.4, -0.2) is 13.2 Å². The maximum atomic E-state index is 8.83. The van der Waals surface area contributed by atoms with Gasteiger partial charge in [0.25, 0.3) is 0 Å². The number of aryl methyl sites for hydroxylation is 2. The largest absolute Gasteiger partial charge is 0.490 e. The Morgan fingerprint density at radius 3 is 2.52 bits per heavy atom. The van der Waals surface area contributed by atoms with Crippen LogP contribution < -0.4 is 9.47 Å². The lowest BCUT2D eigenvalue weighted by atomic mass is 10.1. The van der Waals surface area contributed by atoms with Gasteiger partial charge in [0.2, 0.25) is 0 Å². The Balaban J connectivity index is 1.89. The van der Waals surface area contributed by atoms with E-state index in [1.54, 1.807) is 12.1 Å². The first-order chi connectivity index (χ1) is 10.1. The molecule has 0 saturated heterocycles. The number of nitriles is 1. The summed E-state index contributed by atoms with van der Waals surface area (Å²) in [6.07, 6.45) is 0. The van der Waals surface area contributed by atoms with Crippen LogP contribution >= 0.6 is 0 Å². The van der Waals surface area contributed by atoms with Crippen molar-refractivity contribution in [3.8, 4) is 17.6 Å². The normalized spacial score (nSPS) is 10.0. The fourth-order valence-corrected chi connectivity index (χ4v) is 2.12. The van der Waals surface area contributed by atoms with Crippen LogP contribution in [-0.2, 0) is 0 Å². The van der Waals surface area contributed by atoms with Gasteiger partial charge in [-0.25, -0.2) is 0 Å².